The van der Waals surface area contributed by atoms with Gasteiger partial charge in [-0.2, -0.15) is 0 Å². The van der Waals surface area contributed by atoms with E-state index in [2.05, 4.69) is 96.4 Å². The van der Waals surface area contributed by atoms with Gasteiger partial charge in [0.05, 0.1) is 16.7 Å². The average molecular weight is 380 g/mol. The van der Waals surface area contributed by atoms with E-state index < -0.39 is 0 Å². The van der Waals surface area contributed by atoms with Gasteiger partial charge in [-0.05, 0) is 68.7 Å². The van der Waals surface area contributed by atoms with E-state index >= 15 is 0 Å². The first-order valence-electron chi connectivity index (χ1n) is 10.2. The van der Waals surface area contributed by atoms with Gasteiger partial charge >= 0.3 is 0 Å². The zero-order chi connectivity index (χ0) is 20.1. The average Bonchev–Trinajstić information content (AvgIpc) is 3.30. The number of hydrogen-bond donors (Lipinski definition) is 0. The Morgan fingerprint density at radius 3 is 2.31 bits per heavy atom. The van der Waals surface area contributed by atoms with Crippen molar-refractivity contribution in [3.63, 3.8) is 0 Å². The molecule has 3 nitrogen and oxygen atoms in total. The Labute approximate surface area is 171 Å². The maximum atomic E-state index is 4.60. The van der Waals surface area contributed by atoms with Crippen LogP contribution in [0, 0.1) is 20.8 Å². The number of hydrogen-bond acceptors (Lipinski definition) is 1. The molecule has 0 atom stereocenters. The summed E-state index contributed by atoms with van der Waals surface area (Å²) in [5, 5.41) is 2.60. The van der Waals surface area contributed by atoms with Crippen LogP contribution in [-0.4, -0.2) is 14.1 Å². The molecule has 5 rings (SSSR count). The Balaban J connectivity index is 1.82. The second kappa shape index (κ2) is 6.63. The van der Waals surface area contributed by atoms with Crippen LogP contribution in [0.15, 0.2) is 67.0 Å². The molecule has 0 unspecified atom stereocenters. The summed E-state index contributed by atoms with van der Waals surface area (Å²) in [5.74, 6) is 1.03. The minimum atomic E-state index is 0.918. The van der Waals surface area contributed by atoms with Gasteiger partial charge in [0.2, 0.25) is 0 Å². The zero-order valence-electron chi connectivity index (χ0n) is 17.4. The third-order valence-electron chi connectivity index (χ3n) is 5.86. The standard InChI is InChI=1S/C26H25N3/c1-5-28-13-12-27-26(28)20-15-18(3)25(19(4)16-20)29-23-9-7-6-8-21(23)22-11-10-17(2)14-24(22)29/h6-16H,5H2,1-4H3. The first-order chi connectivity index (χ1) is 14.1. The molecule has 2 aromatic heterocycles. The Bertz CT molecular complexity index is 1340. The van der Waals surface area contributed by atoms with Crippen molar-refractivity contribution >= 4 is 21.8 Å². The molecule has 0 saturated heterocycles. The van der Waals surface area contributed by atoms with Crippen molar-refractivity contribution in [1.29, 1.82) is 0 Å². The van der Waals surface area contributed by atoms with Gasteiger partial charge in [-0.15, -0.1) is 0 Å². The van der Waals surface area contributed by atoms with E-state index in [1.165, 1.54) is 49.7 Å². The van der Waals surface area contributed by atoms with Crippen molar-refractivity contribution in [3.8, 4) is 17.1 Å². The van der Waals surface area contributed by atoms with Crippen LogP contribution in [0.1, 0.15) is 23.6 Å². The predicted molar refractivity (Wildman–Crippen MR) is 122 cm³/mol. The third kappa shape index (κ3) is 2.69. The molecule has 0 aliphatic heterocycles. The summed E-state index contributed by atoms with van der Waals surface area (Å²) in [4.78, 5) is 4.60. The molecule has 2 heterocycles. The first kappa shape index (κ1) is 17.7. The lowest BCUT2D eigenvalue weighted by Crippen LogP contribution is -2.03. The van der Waals surface area contributed by atoms with Crippen molar-refractivity contribution in [3.05, 3.63) is 83.7 Å². The molecule has 144 valence electrons. The normalized spacial score (nSPS) is 11.6. The molecule has 5 aromatic rings. The highest BCUT2D eigenvalue weighted by molar-refractivity contribution is 6.09. The minimum absolute atomic E-state index is 0.918. The summed E-state index contributed by atoms with van der Waals surface area (Å²) in [5.41, 5.74) is 8.75. The largest absolute Gasteiger partial charge is 0.331 e. The van der Waals surface area contributed by atoms with E-state index in [-0.39, 0.29) is 0 Å². The fourth-order valence-corrected chi connectivity index (χ4v) is 4.58. The number of imidazole rings is 1. The number of para-hydroxylation sites is 1. The molecule has 0 bridgehead atoms. The van der Waals surface area contributed by atoms with E-state index in [4.69, 9.17) is 0 Å². The van der Waals surface area contributed by atoms with E-state index in [0.29, 0.717) is 0 Å². The van der Waals surface area contributed by atoms with Crippen LogP contribution in [0.5, 0.6) is 0 Å². The number of fused-ring (bicyclic) bond motifs is 3. The Kier molecular flexibility index (Phi) is 4.06. The predicted octanol–water partition coefficient (Wildman–Crippen LogP) is 6.59. The summed E-state index contributed by atoms with van der Waals surface area (Å²) in [7, 11) is 0. The van der Waals surface area contributed by atoms with Gasteiger partial charge in [-0.1, -0.05) is 30.3 Å². The molecule has 0 spiro atoms. The number of aromatic nitrogens is 3. The van der Waals surface area contributed by atoms with Crippen LogP contribution < -0.4 is 0 Å². The summed E-state index contributed by atoms with van der Waals surface area (Å²) in [6.07, 6.45) is 3.93. The topological polar surface area (TPSA) is 22.8 Å². The molecular weight excluding hydrogens is 354 g/mol. The minimum Gasteiger partial charge on any atom is -0.331 e. The van der Waals surface area contributed by atoms with Crippen LogP contribution in [0.25, 0.3) is 38.9 Å². The van der Waals surface area contributed by atoms with Gasteiger partial charge in [-0.25, -0.2) is 4.98 Å². The van der Waals surface area contributed by atoms with Crippen molar-refractivity contribution in [1.82, 2.24) is 14.1 Å². The van der Waals surface area contributed by atoms with Gasteiger partial charge in [0.1, 0.15) is 5.82 Å². The van der Waals surface area contributed by atoms with Gasteiger partial charge in [0.25, 0.3) is 0 Å². The number of aryl methyl sites for hydroxylation is 4. The van der Waals surface area contributed by atoms with Crippen molar-refractivity contribution in [2.75, 3.05) is 0 Å². The molecule has 0 aliphatic rings. The number of nitrogens with zero attached hydrogens (tertiary/aromatic N) is 3. The molecule has 0 amide bonds. The highest BCUT2D eigenvalue weighted by atomic mass is 15.1. The second-order valence-corrected chi connectivity index (χ2v) is 7.87. The van der Waals surface area contributed by atoms with Crippen molar-refractivity contribution in [2.24, 2.45) is 0 Å². The fraction of sp³-hybridized carbons (Fsp3) is 0.192. The van der Waals surface area contributed by atoms with Gasteiger partial charge < -0.3 is 9.13 Å². The van der Waals surface area contributed by atoms with Crippen LogP contribution in [0.3, 0.4) is 0 Å². The van der Waals surface area contributed by atoms with Gasteiger partial charge in [-0.3, -0.25) is 0 Å². The van der Waals surface area contributed by atoms with E-state index in [9.17, 15) is 0 Å². The van der Waals surface area contributed by atoms with Gasteiger partial charge in [0.15, 0.2) is 0 Å². The zero-order valence-corrected chi connectivity index (χ0v) is 17.4. The van der Waals surface area contributed by atoms with Crippen LogP contribution in [0.2, 0.25) is 0 Å². The lowest BCUT2D eigenvalue weighted by molar-refractivity contribution is 0.770. The Morgan fingerprint density at radius 2 is 1.55 bits per heavy atom. The third-order valence-corrected chi connectivity index (χ3v) is 5.86. The maximum absolute atomic E-state index is 4.60. The lowest BCUT2D eigenvalue weighted by atomic mass is 10.0. The quantitative estimate of drug-likeness (QED) is 0.347. The fourth-order valence-electron chi connectivity index (χ4n) is 4.58. The maximum Gasteiger partial charge on any atom is 0.139 e. The van der Waals surface area contributed by atoms with Crippen molar-refractivity contribution in [2.45, 2.75) is 34.2 Å². The summed E-state index contributed by atoms with van der Waals surface area (Å²) < 4.78 is 4.62. The lowest BCUT2D eigenvalue weighted by Gasteiger charge is -2.17. The summed E-state index contributed by atoms with van der Waals surface area (Å²) in [6.45, 7) is 9.65. The first-order valence-corrected chi connectivity index (χ1v) is 10.2. The highest BCUT2D eigenvalue weighted by Crippen LogP contribution is 2.36. The molecule has 0 N–H and O–H groups in total. The molecule has 3 heteroatoms. The van der Waals surface area contributed by atoms with Crippen LogP contribution in [-0.2, 0) is 6.54 Å². The molecule has 0 radical (unpaired) electrons. The van der Waals surface area contributed by atoms with Crippen LogP contribution in [0.4, 0.5) is 0 Å². The van der Waals surface area contributed by atoms with Gasteiger partial charge in [0, 0.05) is 35.3 Å². The molecular formula is C26H25N3. The van der Waals surface area contributed by atoms with E-state index in [0.717, 1.165) is 12.4 Å². The van der Waals surface area contributed by atoms with Crippen molar-refractivity contribution < 1.29 is 0 Å². The molecule has 0 aliphatic carbocycles. The van der Waals surface area contributed by atoms with E-state index in [1.54, 1.807) is 0 Å². The Morgan fingerprint density at radius 1 is 0.828 bits per heavy atom. The molecule has 0 saturated carbocycles. The molecule has 0 fully saturated rings. The SMILES string of the molecule is CCn1ccnc1-c1cc(C)c(-n2c3ccccc3c3ccc(C)cc32)c(C)c1. The highest BCUT2D eigenvalue weighted by Gasteiger charge is 2.17. The number of rotatable bonds is 3. The number of benzene rings is 3. The molecule has 29 heavy (non-hydrogen) atoms. The van der Waals surface area contributed by atoms with E-state index in [1.807, 2.05) is 12.4 Å². The monoisotopic (exact) mass is 379 g/mol. The molecule has 3 aromatic carbocycles. The Hall–Kier alpha value is -3.33. The summed E-state index contributed by atoms with van der Waals surface area (Å²) in [6, 6.07) is 20.0. The summed E-state index contributed by atoms with van der Waals surface area (Å²) >= 11 is 0. The van der Waals surface area contributed by atoms with Crippen LogP contribution >= 0.6 is 0 Å². The second-order valence-electron chi connectivity index (χ2n) is 7.87. The smallest absolute Gasteiger partial charge is 0.139 e.